The molecule has 176 valence electrons. The quantitative estimate of drug-likeness (QED) is 0.403. The van der Waals surface area contributed by atoms with Gasteiger partial charge in [0.05, 0.1) is 13.1 Å². The van der Waals surface area contributed by atoms with Gasteiger partial charge >= 0.3 is 0 Å². The van der Waals surface area contributed by atoms with E-state index in [0.717, 1.165) is 42.0 Å². The molecule has 3 N–H and O–H groups in total. The van der Waals surface area contributed by atoms with E-state index < -0.39 is 5.67 Å². The van der Waals surface area contributed by atoms with Crippen LogP contribution in [0.3, 0.4) is 0 Å². The van der Waals surface area contributed by atoms with Crippen molar-refractivity contribution in [2.24, 2.45) is 11.8 Å². The molecule has 34 heavy (non-hydrogen) atoms. The van der Waals surface area contributed by atoms with Crippen LogP contribution in [-0.2, 0) is 4.79 Å². The molecule has 1 aromatic carbocycles. The number of amides is 1. The van der Waals surface area contributed by atoms with Crippen molar-refractivity contribution in [3.05, 3.63) is 42.1 Å². The van der Waals surface area contributed by atoms with Gasteiger partial charge in [0.2, 0.25) is 5.91 Å². The summed E-state index contributed by atoms with van der Waals surface area (Å²) in [6.07, 6.45) is 3.92. The molecular weight excluding hydrogens is 453 g/mol. The van der Waals surface area contributed by atoms with E-state index in [2.05, 4.69) is 25.8 Å². The van der Waals surface area contributed by atoms with E-state index in [1.807, 2.05) is 48.2 Å². The van der Waals surface area contributed by atoms with Gasteiger partial charge in [0.15, 0.2) is 11.0 Å². The SMILES string of the molecule is Cc1cc(Nc2cc(N3CC(F)(C4CC4)C3)nc(Sc3ccc(NC(=O)C4CC4)cc3)n2)n[nH]1. The predicted octanol–water partition coefficient (Wildman–Crippen LogP) is 4.69. The zero-order valence-corrected chi connectivity index (χ0v) is 19.7. The van der Waals surface area contributed by atoms with Crippen LogP contribution in [0.15, 0.2) is 46.5 Å². The van der Waals surface area contributed by atoms with Crippen molar-refractivity contribution in [3.8, 4) is 0 Å². The van der Waals surface area contributed by atoms with Crippen molar-refractivity contribution in [3.63, 3.8) is 0 Å². The molecule has 0 bridgehead atoms. The van der Waals surface area contributed by atoms with Gasteiger partial charge in [0.1, 0.15) is 17.3 Å². The van der Waals surface area contributed by atoms with Gasteiger partial charge in [-0.25, -0.2) is 14.4 Å². The summed E-state index contributed by atoms with van der Waals surface area (Å²) in [5.74, 6) is 2.42. The number of hydrogen-bond acceptors (Lipinski definition) is 7. The summed E-state index contributed by atoms with van der Waals surface area (Å²) in [5.41, 5.74) is 0.632. The van der Waals surface area contributed by atoms with Crippen molar-refractivity contribution in [1.29, 1.82) is 0 Å². The van der Waals surface area contributed by atoms with Crippen LogP contribution in [0.25, 0.3) is 0 Å². The molecular formula is C24H26FN7OS. The highest BCUT2D eigenvalue weighted by Crippen LogP contribution is 2.48. The molecule has 1 aliphatic heterocycles. The van der Waals surface area contributed by atoms with E-state index in [0.29, 0.717) is 35.7 Å². The number of H-pyrrole nitrogens is 1. The average molecular weight is 480 g/mol. The maximum atomic E-state index is 15.0. The van der Waals surface area contributed by atoms with Crippen LogP contribution < -0.4 is 15.5 Å². The Hall–Kier alpha value is -3.14. The fourth-order valence-electron chi connectivity index (χ4n) is 4.21. The maximum absolute atomic E-state index is 15.0. The number of halogens is 1. The molecule has 10 heteroatoms. The monoisotopic (exact) mass is 479 g/mol. The molecule has 3 aliphatic rings. The highest BCUT2D eigenvalue weighted by atomic mass is 32.2. The van der Waals surface area contributed by atoms with Gasteiger partial charge in [-0.1, -0.05) is 0 Å². The smallest absolute Gasteiger partial charge is 0.227 e. The molecule has 3 aromatic rings. The lowest BCUT2D eigenvalue weighted by atomic mass is 9.91. The summed E-state index contributed by atoms with van der Waals surface area (Å²) >= 11 is 1.42. The molecule has 2 saturated carbocycles. The minimum Gasteiger partial charge on any atom is -0.350 e. The zero-order valence-electron chi connectivity index (χ0n) is 18.8. The normalized spacial score (nSPS) is 18.9. The number of aryl methyl sites for hydroxylation is 1. The minimum atomic E-state index is -1.09. The molecule has 6 rings (SSSR count). The largest absolute Gasteiger partial charge is 0.350 e. The number of carbonyl (C=O) groups is 1. The van der Waals surface area contributed by atoms with Crippen molar-refractivity contribution in [2.75, 3.05) is 28.6 Å². The standard InChI is InChI=1S/C24H26FN7OS/c1-14-10-20(31-30-14)27-19-11-21(32-12-24(25,13-32)16-4-5-16)29-23(28-19)34-18-8-6-17(7-9-18)26-22(33)15-2-3-15/h6-11,15-16H,2-5,12-13H2,1H3,(H,26,33)(H2,27,28,29,30,31). The molecule has 2 aliphatic carbocycles. The Morgan fingerprint density at radius 1 is 1.12 bits per heavy atom. The molecule has 0 spiro atoms. The Kier molecular flexibility index (Phi) is 5.20. The van der Waals surface area contributed by atoms with Gasteiger partial charge in [-0.15, -0.1) is 0 Å². The van der Waals surface area contributed by atoms with E-state index >= 15 is 0 Å². The van der Waals surface area contributed by atoms with Gasteiger partial charge < -0.3 is 15.5 Å². The van der Waals surface area contributed by atoms with Gasteiger partial charge in [-0.2, -0.15) is 5.10 Å². The summed E-state index contributed by atoms with van der Waals surface area (Å²) in [4.78, 5) is 24.3. The highest BCUT2D eigenvalue weighted by molar-refractivity contribution is 7.99. The number of benzene rings is 1. The molecule has 3 heterocycles. The minimum absolute atomic E-state index is 0.0884. The van der Waals surface area contributed by atoms with Gasteiger partial charge in [-0.05, 0) is 74.6 Å². The highest BCUT2D eigenvalue weighted by Gasteiger charge is 2.54. The third-order valence-corrected chi connectivity index (χ3v) is 7.35. The Balaban J connectivity index is 1.20. The molecule has 0 atom stereocenters. The van der Waals surface area contributed by atoms with E-state index in [9.17, 15) is 9.18 Å². The summed E-state index contributed by atoms with van der Waals surface area (Å²) in [6.45, 7) is 2.67. The van der Waals surface area contributed by atoms with Crippen LogP contribution in [0.2, 0.25) is 0 Å². The summed E-state index contributed by atoms with van der Waals surface area (Å²) in [6, 6.07) is 11.4. The Bertz CT molecular complexity index is 1220. The van der Waals surface area contributed by atoms with Crippen molar-refractivity contribution < 1.29 is 9.18 Å². The molecule has 0 radical (unpaired) electrons. The molecule has 8 nitrogen and oxygen atoms in total. The Morgan fingerprint density at radius 2 is 1.88 bits per heavy atom. The van der Waals surface area contributed by atoms with Gasteiger partial charge in [0.25, 0.3) is 0 Å². The molecule has 1 amide bonds. The fraction of sp³-hybridized carbons (Fsp3) is 0.417. The predicted molar refractivity (Wildman–Crippen MR) is 129 cm³/mol. The average Bonchev–Trinajstić information content (AvgIpc) is 3.71. The van der Waals surface area contributed by atoms with Gasteiger partial charge in [-0.3, -0.25) is 9.89 Å². The van der Waals surface area contributed by atoms with Crippen molar-refractivity contribution >= 4 is 40.8 Å². The Morgan fingerprint density at radius 3 is 2.53 bits per heavy atom. The van der Waals surface area contributed by atoms with Crippen molar-refractivity contribution in [1.82, 2.24) is 20.2 Å². The zero-order chi connectivity index (χ0) is 23.3. The first-order valence-corrected chi connectivity index (χ1v) is 12.5. The summed E-state index contributed by atoms with van der Waals surface area (Å²) < 4.78 is 15.0. The summed E-state index contributed by atoms with van der Waals surface area (Å²) in [7, 11) is 0. The van der Waals surface area contributed by atoms with Crippen LogP contribution in [0, 0.1) is 18.8 Å². The van der Waals surface area contributed by atoms with E-state index in [-0.39, 0.29) is 17.7 Å². The second-order valence-electron chi connectivity index (χ2n) is 9.51. The van der Waals surface area contributed by atoms with Crippen LogP contribution in [0.1, 0.15) is 31.4 Å². The van der Waals surface area contributed by atoms with Crippen LogP contribution in [0.4, 0.5) is 27.5 Å². The number of aromatic nitrogens is 4. The number of anilines is 4. The van der Waals surface area contributed by atoms with E-state index in [1.165, 1.54) is 11.8 Å². The second-order valence-corrected chi connectivity index (χ2v) is 10.6. The van der Waals surface area contributed by atoms with Crippen molar-refractivity contribution in [2.45, 2.75) is 48.3 Å². The first-order valence-electron chi connectivity index (χ1n) is 11.6. The topological polar surface area (TPSA) is 98.8 Å². The second kappa shape index (κ2) is 8.26. The number of rotatable bonds is 8. The van der Waals surface area contributed by atoms with Crippen LogP contribution >= 0.6 is 11.8 Å². The first-order chi connectivity index (χ1) is 16.4. The Labute approximate surface area is 201 Å². The number of nitrogens with one attached hydrogen (secondary N) is 3. The number of alkyl halides is 1. The number of hydrogen-bond donors (Lipinski definition) is 3. The summed E-state index contributed by atoms with van der Waals surface area (Å²) in [5, 5.41) is 13.9. The number of aromatic amines is 1. The fourth-order valence-corrected chi connectivity index (χ4v) is 4.97. The van der Waals surface area contributed by atoms with E-state index in [4.69, 9.17) is 4.98 Å². The maximum Gasteiger partial charge on any atom is 0.227 e. The molecule has 3 fully saturated rings. The van der Waals surface area contributed by atoms with Gasteiger partial charge in [0, 0.05) is 34.3 Å². The third-order valence-electron chi connectivity index (χ3n) is 6.47. The molecule has 0 unspecified atom stereocenters. The number of nitrogens with zero attached hydrogens (tertiary/aromatic N) is 4. The first kappa shape index (κ1) is 21.4. The van der Waals surface area contributed by atoms with E-state index in [1.54, 1.807) is 0 Å². The lowest BCUT2D eigenvalue weighted by Crippen LogP contribution is -2.60. The lowest BCUT2D eigenvalue weighted by molar-refractivity contribution is -0.117. The number of carbonyl (C=O) groups excluding carboxylic acids is 1. The van der Waals surface area contributed by atoms with Crippen LogP contribution in [0.5, 0.6) is 0 Å². The lowest BCUT2D eigenvalue weighted by Gasteiger charge is -2.45. The molecule has 2 aromatic heterocycles. The van der Waals surface area contributed by atoms with Crippen LogP contribution in [-0.4, -0.2) is 44.8 Å². The molecule has 1 saturated heterocycles. The third kappa shape index (κ3) is 4.59.